The van der Waals surface area contributed by atoms with E-state index in [1.54, 1.807) is 0 Å². The van der Waals surface area contributed by atoms with Crippen molar-refractivity contribution in [3.05, 3.63) is 17.8 Å². The zero-order valence-electron chi connectivity index (χ0n) is 5.33. The number of allylic oxidation sites excluding steroid dienone is 3. The van der Waals surface area contributed by atoms with E-state index >= 15 is 0 Å². The van der Waals surface area contributed by atoms with Crippen LogP contribution in [0.2, 0.25) is 0 Å². The largest absolute Gasteiger partial charge is 0.241 e. The lowest BCUT2D eigenvalue weighted by Crippen LogP contribution is -1.74. The molecular weight excluding hydrogens is 112 g/mol. The molecule has 0 fully saturated rings. The standard InChI is InChI=1S/C7H8N2/c1-7-4-2-3-5-8-6-9-7/h3-4,6H,2H2,1H3/b7-4-,9-6-. The van der Waals surface area contributed by atoms with Gasteiger partial charge in [0.05, 0.1) is 0 Å². The molecule has 1 aliphatic heterocycles. The topological polar surface area (TPSA) is 24.7 Å². The van der Waals surface area contributed by atoms with Crippen LogP contribution in [0.5, 0.6) is 0 Å². The first-order valence-corrected chi connectivity index (χ1v) is 2.86. The molecule has 0 atom stereocenters. The number of aliphatic imine (C=N–C) groups is 2. The van der Waals surface area contributed by atoms with Crippen molar-refractivity contribution in [2.45, 2.75) is 13.3 Å². The Bertz CT molecular complexity index is 205. The van der Waals surface area contributed by atoms with E-state index in [1.165, 1.54) is 6.34 Å². The summed E-state index contributed by atoms with van der Waals surface area (Å²) >= 11 is 0. The van der Waals surface area contributed by atoms with Crippen molar-refractivity contribution in [2.75, 3.05) is 0 Å². The van der Waals surface area contributed by atoms with Gasteiger partial charge in [0.1, 0.15) is 6.34 Å². The molecule has 9 heavy (non-hydrogen) atoms. The van der Waals surface area contributed by atoms with Gasteiger partial charge in [0, 0.05) is 5.70 Å². The van der Waals surface area contributed by atoms with Gasteiger partial charge in [0.25, 0.3) is 0 Å². The Hall–Kier alpha value is -1.14. The van der Waals surface area contributed by atoms with E-state index in [2.05, 4.69) is 15.9 Å². The first kappa shape index (κ1) is 5.99. The first-order valence-electron chi connectivity index (χ1n) is 2.86. The summed E-state index contributed by atoms with van der Waals surface area (Å²) in [7, 11) is 0. The molecular formula is C7H8N2. The number of rotatable bonds is 0. The summed E-state index contributed by atoms with van der Waals surface area (Å²) in [5, 5.41) is 0. The highest BCUT2D eigenvalue weighted by atomic mass is 14.8. The Labute approximate surface area is 54.3 Å². The van der Waals surface area contributed by atoms with Crippen molar-refractivity contribution in [1.82, 2.24) is 0 Å². The quantitative estimate of drug-likeness (QED) is 0.463. The smallest absolute Gasteiger partial charge is 0.125 e. The molecule has 0 bridgehead atoms. The Balaban J connectivity index is 2.77. The van der Waals surface area contributed by atoms with E-state index in [9.17, 15) is 0 Å². The van der Waals surface area contributed by atoms with Gasteiger partial charge >= 0.3 is 0 Å². The van der Waals surface area contributed by atoms with Crippen molar-refractivity contribution >= 4 is 12.2 Å². The maximum absolute atomic E-state index is 3.97. The van der Waals surface area contributed by atoms with Crippen molar-refractivity contribution in [3.63, 3.8) is 0 Å². The van der Waals surface area contributed by atoms with Gasteiger partial charge in [-0.25, -0.2) is 4.99 Å². The molecule has 0 aromatic heterocycles. The maximum atomic E-state index is 3.97. The van der Waals surface area contributed by atoms with Crippen molar-refractivity contribution in [3.8, 4) is 0 Å². The van der Waals surface area contributed by atoms with Gasteiger partial charge in [-0.2, -0.15) is 4.99 Å². The minimum absolute atomic E-state index is 0.882. The third-order valence-electron chi connectivity index (χ3n) is 1.02. The number of nitrogens with zero attached hydrogens (tertiary/aromatic N) is 2. The van der Waals surface area contributed by atoms with Gasteiger partial charge in [0.2, 0.25) is 0 Å². The van der Waals surface area contributed by atoms with Crippen LogP contribution in [0.3, 0.4) is 0 Å². The lowest BCUT2D eigenvalue weighted by atomic mass is 10.3. The van der Waals surface area contributed by atoms with Gasteiger partial charge in [-0.1, -0.05) is 6.08 Å². The normalized spacial score (nSPS) is 26.1. The molecule has 0 saturated heterocycles. The van der Waals surface area contributed by atoms with Gasteiger partial charge < -0.3 is 0 Å². The van der Waals surface area contributed by atoms with Crippen molar-refractivity contribution in [1.29, 1.82) is 0 Å². The average Bonchev–Trinajstić information content (AvgIpc) is 1.79. The van der Waals surface area contributed by atoms with Crippen LogP contribution in [0.15, 0.2) is 27.8 Å². The molecule has 0 radical (unpaired) electrons. The molecule has 0 aromatic rings. The van der Waals surface area contributed by atoms with Crippen LogP contribution >= 0.6 is 0 Å². The molecule has 0 aliphatic carbocycles. The van der Waals surface area contributed by atoms with Crippen LogP contribution in [0.25, 0.3) is 0 Å². The highest BCUT2D eigenvalue weighted by Crippen LogP contribution is 1.96. The summed E-state index contributed by atoms with van der Waals surface area (Å²) in [5.41, 5.74) is 1.01. The van der Waals surface area contributed by atoms with Gasteiger partial charge in [-0.3, -0.25) is 0 Å². The zero-order valence-corrected chi connectivity index (χ0v) is 5.33. The molecule has 0 aromatic carbocycles. The van der Waals surface area contributed by atoms with E-state index in [-0.39, 0.29) is 0 Å². The molecule has 2 heteroatoms. The molecule has 46 valence electrons. The van der Waals surface area contributed by atoms with E-state index in [0.717, 1.165) is 12.1 Å². The number of hydrogen-bond acceptors (Lipinski definition) is 2. The average molecular weight is 120 g/mol. The molecule has 1 rings (SSSR count). The molecule has 0 unspecified atom stereocenters. The minimum atomic E-state index is 0.882. The fourth-order valence-corrected chi connectivity index (χ4v) is 0.541. The van der Waals surface area contributed by atoms with Crippen LogP contribution in [0.1, 0.15) is 13.3 Å². The minimum Gasteiger partial charge on any atom is -0.241 e. The third kappa shape index (κ3) is 2.06. The predicted octanol–water partition coefficient (Wildman–Crippen LogP) is 1.55. The highest BCUT2D eigenvalue weighted by Gasteiger charge is 1.80. The summed E-state index contributed by atoms with van der Waals surface area (Å²) < 4.78 is 0. The van der Waals surface area contributed by atoms with Gasteiger partial charge in [-0.05, 0) is 25.3 Å². The lowest BCUT2D eigenvalue weighted by Gasteiger charge is -1.88. The Kier molecular flexibility index (Phi) is 2.00. The fourth-order valence-electron chi connectivity index (χ4n) is 0.541. The molecule has 1 heterocycles. The lowest BCUT2D eigenvalue weighted by molar-refractivity contribution is 1.23. The fraction of sp³-hybridized carbons (Fsp3) is 0.286. The van der Waals surface area contributed by atoms with Crippen LogP contribution in [-0.4, -0.2) is 12.2 Å². The summed E-state index contributed by atoms with van der Waals surface area (Å²) in [6.45, 7) is 1.95. The number of hydrogen-bond donors (Lipinski definition) is 0. The second-order valence-electron chi connectivity index (χ2n) is 1.79. The summed E-state index contributed by atoms with van der Waals surface area (Å²) in [5.74, 6) is 2.71. The first-order chi connectivity index (χ1) is 4.39. The molecule has 0 N–H and O–H groups in total. The molecule has 1 aliphatic rings. The van der Waals surface area contributed by atoms with Crippen LogP contribution in [0, 0.1) is 0 Å². The highest BCUT2D eigenvalue weighted by molar-refractivity contribution is 5.70. The summed E-state index contributed by atoms with van der Waals surface area (Å²) in [4.78, 5) is 7.71. The van der Waals surface area contributed by atoms with Crippen LogP contribution < -0.4 is 0 Å². The predicted molar refractivity (Wildman–Crippen MR) is 38.9 cm³/mol. The van der Waals surface area contributed by atoms with Crippen molar-refractivity contribution < 1.29 is 0 Å². The summed E-state index contributed by atoms with van der Waals surface area (Å²) in [6.07, 6.45) is 6.28. The van der Waals surface area contributed by atoms with Crippen molar-refractivity contribution in [2.24, 2.45) is 9.98 Å². The third-order valence-corrected chi connectivity index (χ3v) is 1.02. The van der Waals surface area contributed by atoms with Gasteiger partial charge in [-0.15, -0.1) is 0 Å². The van der Waals surface area contributed by atoms with Gasteiger partial charge in [0.15, 0.2) is 0 Å². The second kappa shape index (κ2) is 3.00. The maximum Gasteiger partial charge on any atom is 0.125 e. The van der Waals surface area contributed by atoms with Crippen LogP contribution in [-0.2, 0) is 0 Å². The van der Waals surface area contributed by atoms with E-state index < -0.39 is 0 Å². The van der Waals surface area contributed by atoms with E-state index in [4.69, 9.17) is 0 Å². The van der Waals surface area contributed by atoms with E-state index in [1.807, 2.05) is 19.1 Å². The Morgan fingerprint density at radius 2 is 2.56 bits per heavy atom. The van der Waals surface area contributed by atoms with Crippen LogP contribution in [0.4, 0.5) is 0 Å². The Morgan fingerprint density at radius 3 is 3.44 bits per heavy atom. The zero-order chi connectivity index (χ0) is 6.53. The Morgan fingerprint density at radius 1 is 1.67 bits per heavy atom. The monoisotopic (exact) mass is 120 g/mol. The SMILES string of the molecule is CC1=C/CC=C=N/C=N\1. The molecule has 0 spiro atoms. The molecule has 2 nitrogen and oxygen atoms in total. The molecule has 0 saturated carbocycles. The summed E-state index contributed by atoms with van der Waals surface area (Å²) in [6, 6.07) is 0. The van der Waals surface area contributed by atoms with E-state index in [0.29, 0.717) is 0 Å². The molecule has 0 amide bonds. The second-order valence-corrected chi connectivity index (χ2v) is 1.79.